The van der Waals surface area contributed by atoms with E-state index in [4.69, 9.17) is 23.2 Å². The average Bonchev–Trinajstić information content (AvgIpc) is 3.34. The number of anilines is 2. The Bertz CT molecular complexity index is 1050. The monoisotopic (exact) mass is 447 g/mol. The van der Waals surface area contributed by atoms with Gasteiger partial charge in [0.2, 0.25) is 5.95 Å². The molecule has 4 rings (SSSR count). The van der Waals surface area contributed by atoms with Gasteiger partial charge in [-0.1, -0.05) is 41.4 Å². The fourth-order valence-corrected chi connectivity index (χ4v) is 4.56. The van der Waals surface area contributed by atoms with Crippen molar-refractivity contribution in [1.29, 1.82) is 0 Å². The van der Waals surface area contributed by atoms with Crippen molar-refractivity contribution in [2.24, 2.45) is 0 Å². The second-order valence-corrected chi connectivity index (χ2v) is 8.71. The molecule has 0 unspecified atom stereocenters. The van der Waals surface area contributed by atoms with Gasteiger partial charge >= 0.3 is 0 Å². The number of carbonyl (C=O) groups excluding carboxylic acids is 1. The lowest BCUT2D eigenvalue weighted by molar-refractivity contribution is 0.102. The lowest BCUT2D eigenvalue weighted by atomic mass is 10.1. The maximum Gasteiger partial charge on any atom is 0.277 e. The summed E-state index contributed by atoms with van der Waals surface area (Å²) >= 11 is 13.9. The van der Waals surface area contributed by atoms with E-state index in [1.54, 1.807) is 0 Å². The summed E-state index contributed by atoms with van der Waals surface area (Å²) in [4.78, 5) is 29.0. The van der Waals surface area contributed by atoms with Crippen molar-refractivity contribution in [2.75, 3.05) is 23.3 Å². The molecule has 0 atom stereocenters. The van der Waals surface area contributed by atoms with Crippen molar-refractivity contribution in [2.45, 2.75) is 26.2 Å². The van der Waals surface area contributed by atoms with Gasteiger partial charge in [0.1, 0.15) is 0 Å². The summed E-state index contributed by atoms with van der Waals surface area (Å²) in [6, 6.07) is 7.71. The first-order chi connectivity index (χ1) is 14.0. The smallest absolute Gasteiger partial charge is 0.277 e. The first kappa shape index (κ1) is 20.1. The molecule has 0 bridgehead atoms. The highest BCUT2D eigenvalue weighted by Gasteiger charge is 2.21. The van der Waals surface area contributed by atoms with Gasteiger partial charge in [0, 0.05) is 29.4 Å². The summed E-state index contributed by atoms with van der Waals surface area (Å²) in [6.45, 7) is 3.70. The highest BCUT2D eigenvalue weighted by atomic mass is 35.5. The molecule has 0 aliphatic carbocycles. The predicted molar refractivity (Wildman–Crippen MR) is 118 cm³/mol. The number of benzene rings is 1. The number of thiazole rings is 1. The molecule has 9 heteroatoms. The number of amides is 1. The molecule has 29 heavy (non-hydrogen) atoms. The van der Waals surface area contributed by atoms with Crippen molar-refractivity contribution in [3.63, 3.8) is 0 Å². The van der Waals surface area contributed by atoms with Gasteiger partial charge < -0.3 is 4.90 Å². The molecule has 6 nitrogen and oxygen atoms in total. The van der Waals surface area contributed by atoms with Gasteiger partial charge in [0.25, 0.3) is 5.91 Å². The molecule has 1 amide bonds. The van der Waals surface area contributed by atoms with Crippen LogP contribution < -0.4 is 10.2 Å². The van der Waals surface area contributed by atoms with E-state index in [0.717, 1.165) is 42.1 Å². The molecule has 0 saturated carbocycles. The van der Waals surface area contributed by atoms with Crippen LogP contribution >= 0.6 is 34.5 Å². The van der Waals surface area contributed by atoms with E-state index < -0.39 is 5.91 Å². The number of nitrogens with one attached hydrogen (secondary N) is 1. The Balaban J connectivity index is 1.52. The molecule has 3 heterocycles. The van der Waals surface area contributed by atoms with Crippen molar-refractivity contribution in [3.05, 3.63) is 62.3 Å². The Kier molecular flexibility index (Phi) is 5.99. The fraction of sp³-hybridized carbons (Fsp3) is 0.300. The number of aromatic nitrogens is 3. The Hall–Kier alpha value is -2.22. The molecular formula is C20H19Cl2N5OS. The van der Waals surface area contributed by atoms with Gasteiger partial charge in [-0.15, -0.1) is 11.3 Å². The minimum Gasteiger partial charge on any atom is -0.341 e. The average molecular weight is 448 g/mol. The fourth-order valence-electron chi connectivity index (χ4n) is 3.20. The van der Waals surface area contributed by atoms with Crippen molar-refractivity contribution < 1.29 is 4.79 Å². The van der Waals surface area contributed by atoms with Gasteiger partial charge in [-0.05, 0) is 31.4 Å². The molecule has 0 spiro atoms. The summed E-state index contributed by atoms with van der Waals surface area (Å²) in [5.74, 6) is 0.141. The van der Waals surface area contributed by atoms with Gasteiger partial charge in [0.05, 0.1) is 16.9 Å². The quantitative estimate of drug-likeness (QED) is 0.596. The van der Waals surface area contributed by atoms with E-state index in [0.29, 0.717) is 22.5 Å². The number of hydrogen-bond donors (Lipinski definition) is 1. The maximum absolute atomic E-state index is 12.8. The Labute approximate surface area is 182 Å². The summed E-state index contributed by atoms with van der Waals surface area (Å²) < 4.78 is 0. The number of nitrogens with zero attached hydrogens (tertiary/aromatic N) is 4. The van der Waals surface area contributed by atoms with Crippen LogP contribution in [0.2, 0.25) is 10.0 Å². The highest BCUT2D eigenvalue weighted by molar-refractivity contribution is 7.15. The van der Waals surface area contributed by atoms with E-state index in [-0.39, 0.29) is 10.7 Å². The number of carbonyl (C=O) groups is 1. The van der Waals surface area contributed by atoms with E-state index in [1.165, 1.54) is 17.5 Å². The minimum absolute atomic E-state index is 0.157. The summed E-state index contributed by atoms with van der Waals surface area (Å²) in [6.07, 6.45) is 4.33. The molecule has 1 saturated heterocycles. The molecule has 1 fully saturated rings. The molecule has 2 aromatic heterocycles. The normalized spacial score (nSPS) is 13.7. The van der Waals surface area contributed by atoms with Crippen LogP contribution in [0.5, 0.6) is 0 Å². The summed E-state index contributed by atoms with van der Waals surface area (Å²) in [5.41, 5.74) is 2.04. The van der Waals surface area contributed by atoms with E-state index in [2.05, 4.69) is 25.2 Å². The third-order valence-corrected chi connectivity index (χ3v) is 6.48. The number of halogens is 2. The number of hydrogen-bond acceptors (Lipinski definition) is 6. The van der Waals surface area contributed by atoms with Crippen LogP contribution in [-0.2, 0) is 6.42 Å². The molecule has 150 valence electrons. The number of aryl methyl sites for hydroxylation is 1. The van der Waals surface area contributed by atoms with Gasteiger partial charge in [-0.25, -0.2) is 15.0 Å². The Morgan fingerprint density at radius 2 is 1.93 bits per heavy atom. The van der Waals surface area contributed by atoms with Crippen LogP contribution in [0, 0.1) is 6.92 Å². The van der Waals surface area contributed by atoms with Crippen LogP contribution in [0.3, 0.4) is 0 Å². The van der Waals surface area contributed by atoms with Crippen molar-refractivity contribution in [3.8, 4) is 0 Å². The lowest BCUT2D eigenvalue weighted by Gasteiger charge is -2.15. The van der Waals surface area contributed by atoms with Crippen LogP contribution in [0.25, 0.3) is 0 Å². The lowest BCUT2D eigenvalue weighted by Crippen LogP contribution is -2.23. The van der Waals surface area contributed by atoms with Crippen LogP contribution in [0.1, 0.15) is 39.5 Å². The SMILES string of the molecule is Cc1nc(NC(=O)c2nc(N3CCCC3)ncc2Cl)sc1Cc1ccccc1Cl. The molecule has 1 N–H and O–H groups in total. The van der Waals surface area contributed by atoms with Crippen LogP contribution in [-0.4, -0.2) is 33.9 Å². The Morgan fingerprint density at radius 1 is 1.17 bits per heavy atom. The zero-order valence-electron chi connectivity index (χ0n) is 15.8. The van der Waals surface area contributed by atoms with Crippen molar-refractivity contribution >= 4 is 51.5 Å². The molecule has 1 aromatic carbocycles. The van der Waals surface area contributed by atoms with Crippen LogP contribution in [0.4, 0.5) is 11.1 Å². The van der Waals surface area contributed by atoms with Gasteiger partial charge in [-0.3, -0.25) is 10.1 Å². The second-order valence-electron chi connectivity index (χ2n) is 6.81. The highest BCUT2D eigenvalue weighted by Crippen LogP contribution is 2.28. The summed E-state index contributed by atoms with van der Waals surface area (Å²) in [5, 5.41) is 4.26. The molecular weight excluding hydrogens is 429 g/mol. The van der Waals surface area contributed by atoms with Crippen molar-refractivity contribution in [1.82, 2.24) is 15.0 Å². The number of rotatable bonds is 5. The van der Waals surface area contributed by atoms with E-state index >= 15 is 0 Å². The molecule has 1 aliphatic heterocycles. The Morgan fingerprint density at radius 3 is 2.69 bits per heavy atom. The van der Waals surface area contributed by atoms with Crippen LogP contribution in [0.15, 0.2) is 30.5 Å². The zero-order valence-corrected chi connectivity index (χ0v) is 18.1. The minimum atomic E-state index is -0.393. The zero-order chi connectivity index (χ0) is 20.4. The predicted octanol–water partition coefficient (Wildman–Crippen LogP) is 4.99. The summed E-state index contributed by atoms with van der Waals surface area (Å²) in [7, 11) is 0. The molecule has 1 aliphatic rings. The van der Waals surface area contributed by atoms with E-state index in [9.17, 15) is 4.79 Å². The molecule has 0 radical (unpaired) electrons. The standard InChI is InChI=1S/C20H19Cl2N5OS/c1-12-16(10-13-6-2-3-7-14(13)21)29-20(24-12)26-18(28)17-15(22)11-23-19(25-17)27-8-4-5-9-27/h2-3,6-7,11H,4-5,8-10H2,1H3,(H,24,26,28). The van der Waals surface area contributed by atoms with Gasteiger partial charge in [0.15, 0.2) is 10.8 Å². The third kappa shape index (κ3) is 4.52. The largest absolute Gasteiger partial charge is 0.341 e. The van der Waals surface area contributed by atoms with E-state index in [1.807, 2.05) is 31.2 Å². The third-order valence-electron chi connectivity index (χ3n) is 4.76. The topological polar surface area (TPSA) is 71.0 Å². The second kappa shape index (κ2) is 8.65. The first-order valence-corrected chi connectivity index (χ1v) is 10.9. The molecule has 3 aromatic rings. The maximum atomic E-state index is 12.8. The first-order valence-electron chi connectivity index (χ1n) is 9.30. The van der Waals surface area contributed by atoms with Gasteiger partial charge in [-0.2, -0.15) is 0 Å².